The summed E-state index contributed by atoms with van der Waals surface area (Å²) in [6.45, 7) is 0.883. The number of halogens is 2. The van der Waals surface area contributed by atoms with E-state index in [-0.39, 0.29) is 29.8 Å². The molecule has 0 bridgehead atoms. The average Bonchev–Trinajstić information content (AvgIpc) is 3.03. The highest BCUT2D eigenvalue weighted by atomic mass is 32.2. The zero-order valence-electron chi connectivity index (χ0n) is 12.9. The van der Waals surface area contributed by atoms with Crippen LogP contribution in [-0.2, 0) is 10.0 Å². The van der Waals surface area contributed by atoms with Gasteiger partial charge in [-0.2, -0.15) is 4.31 Å². The number of sulfonamides is 1. The van der Waals surface area contributed by atoms with Crippen molar-refractivity contribution in [3.63, 3.8) is 0 Å². The van der Waals surface area contributed by atoms with Crippen molar-refractivity contribution >= 4 is 10.0 Å². The zero-order valence-corrected chi connectivity index (χ0v) is 13.7. The predicted octanol–water partition coefficient (Wildman–Crippen LogP) is 2.33. The molecular weight excluding hydrogens is 334 g/mol. The van der Waals surface area contributed by atoms with E-state index in [1.165, 1.54) is 4.31 Å². The Hall–Kier alpha value is -1.83. The van der Waals surface area contributed by atoms with Crippen LogP contribution in [0.5, 0.6) is 0 Å². The fourth-order valence-corrected chi connectivity index (χ4v) is 4.67. The first kappa shape index (κ1) is 17.0. The Morgan fingerprint density at radius 3 is 2.38 bits per heavy atom. The number of hydrogen-bond donors (Lipinski definition) is 1. The minimum absolute atomic E-state index is 0.0173. The van der Waals surface area contributed by atoms with Gasteiger partial charge < -0.3 is 5.73 Å². The molecule has 2 atom stereocenters. The van der Waals surface area contributed by atoms with Crippen molar-refractivity contribution in [3.05, 3.63) is 65.7 Å². The minimum Gasteiger partial charge on any atom is -0.330 e. The highest BCUT2D eigenvalue weighted by Crippen LogP contribution is 2.35. The van der Waals surface area contributed by atoms with Crippen LogP contribution in [0.15, 0.2) is 53.4 Å². The molecule has 4 nitrogen and oxygen atoms in total. The van der Waals surface area contributed by atoms with Crippen molar-refractivity contribution in [2.24, 2.45) is 11.7 Å². The van der Waals surface area contributed by atoms with Gasteiger partial charge in [0.05, 0.1) is 4.90 Å². The molecular formula is C17H18F2N2O2S. The number of nitrogens with two attached hydrogens (primary N) is 1. The van der Waals surface area contributed by atoms with E-state index in [9.17, 15) is 17.2 Å². The molecule has 1 saturated heterocycles. The second-order valence-electron chi connectivity index (χ2n) is 5.91. The first-order chi connectivity index (χ1) is 11.4. The van der Waals surface area contributed by atoms with Crippen LogP contribution in [0.25, 0.3) is 0 Å². The van der Waals surface area contributed by atoms with Crippen LogP contribution in [0, 0.1) is 17.6 Å². The molecule has 2 aromatic carbocycles. The van der Waals surface area contributed by atoms with E-state index < -0.39 is 21.7 Å². The third-order valence-corrected chi connectivity index (χ3v) is 6.29. The normalized spacial score (nSPS) is 22.0. The van der Waals surface area contributed by atoms with Gasteiger partial charge in [0.1, 0.15) is 0 Å². The number of nitrogens with zero attached hydrogens (tertiary/aromatic N) is 1. The minimum atomic E-state index is -3.89. The molecule has 3 rings (SSSR count). The lowest BCUT2D eigenvalue weighted by atomic mass is 9.89. The van der Waals surface area contributed by atoms with Gasteiger partial charge in [-0.25, -0.2) is 17.2 Å². The fourth-order valence-electron chi connectivity index (χ4n) is 3.13. The lowest BCUT2D eigenvalue weighted by Crippen LogP contribution is -2.30. The standard InChI is InChI=1S/C17H18F2N2O2S/c18-16-7-6-14(8-17(16)19)24(22,23)21-10-13(9-20)15(11-21)12-4-2-1-3-5-12/h1-8,13,15H,9-11,20H2/t13-,15+/m1/s1. The lowest BCUT2D eigenvalue weighted by Gasteiger charge is -2.17. The molecule has 0 saturated carbocycles. The summed E-state index contributed by atoms with van der Waals surface area (Å²) in [4.78, 5) is -0.245. The molecule has 0 radical (unpaired) electrons. The maximum absolute atomic E-state index is 13.4. The van der Waals surface area contributed by atoms with Crippen LogP contribution in [0.4, 0.5) is 8.78 Å². The molecule has 1 heterocycles. The second-order valence-corrected chi connectivity index (χ2v) is 7.85. The molecule has 1 fully saturated rings. The molecule has 128 valence electrons. The maximum atomic E-state index is 13.4. The Balaban J connectivity index is 1.91. The molecule has 0 amide bonds. The van der Waals surface area contributed by atoms with Crippen molar-refractivity contribution < 1.29 is 17.2 Å². The Kier molecular flexibility index (Phi) is 4.67. The summed E-state index contributed by atoms with van der Waals surface area (Å²) in [5, 5.41) is 0. The molecule has 0 spiro atoms. The first-order valence-corrected chi connectivity index (χ1v) is 9.07. The summed E-state index contributed by atoms with van der Waals surface area (Å²) >= 11 is 0. The Labute approximate surface area is 139 Å². The van der Waals surface area contributed by atoms with Crippen LogP contribution in [0.1, 0.15) is 11.5 Å². The number of benzene rings is 2. The topological polar surface area (TPSA) is 63.4 Å². The zero-order chi connectivity index (χ0) is 17.3. The quantitative estimate of drug-likeness (QED) is 0.919. The van der Waals surface area contributed by atoms with Gasteiger partial charge in [-0.05, 0) is 36.2 Å². The van der Waals surface area contributed by atoms with Gasteiger partial charge in [-0.1, -0.05) is 30.3 Å². The van der Waals surface area contributed by atoms with E-state index in [1.807, 2.05) is 30.3 Å². The van der Waals surface area contributed by atoms with Gasteiger partial charge in [0.25, 0.3) is 0 Å². The lowest BCUT2D eigenvalue weighted by molar-refractivity contribution is 0.456. The molecule has 1 aliphatic rings. The monoisotopic (exact) mass is 352 g/mol. The predicted molar refractivity (Wildman–Crippen MR) is 86.8 cm³/mol. The maximum Gasteiger partial charge on any atom is 0.243 e. The highest BCUT2D eigenvalue weighted by molar-refractivity contribution is 7.89. The Morgan fingerprint density at radius 1 is 1.04 bits per heavy atom. The molecule has 2 aromatic rings. The summed E-state index contributed by atoms with van der Waals surface area (Å²) in [6.07, 6.45) is 0. The summed E-state index contributed by atoms with van der Waals surface area (Å²) in [5.74, 6) is -2.29. The molecule has 0 unspecified atom stereocenters. The van der Waals surface area contributed by atoms with Gasteiger partial charge in [-0.15, -0.1) is 0 Å². The molecule has 2 N–H and O–H groups in total. The summed E-state index contributed by atoms with van der Waals surface area (Å²) < 4.78 is 53.2. The number of hydrogen-bond acceptors (Lipinski definition) is 3. The van der Waals surface area contributed by atoms with Gasteiger partial charge in [0.2, 0.25) is 10.0 Å². The summed E-state index contributed by atoms with van der Waals surface area (Å²) in [6, 6.07) is 12.2. The van der Waals surface area contributed by atoms with Crippen molar-refractivity contribution in [2.75, 3.05) is 19.6 Å². The highest BCUT2D eigenvalue weighted by Gasteiger charge is 2.39. The molecule has 0 aromatic heterocycles. The van der Waals surface area contributed by atoms with E-state index in [4.69, 9.17) is 5.73 Å². The number of rotatable bonds is 4. The van der Waals surface area contributed by atoms with Crippen molar-refractivity contribution in [1.29, 1.82) is 0 Å². The molecule has 1 aliphatic heterocycles. The van der Waals surface area contributed by atoms with Crippen molar-refractivity contribution in [1.82, 2.24) is 4.31 Å². The smallest absolute Gasteiger partial charge is 0.243 e. The largest absolute Gasteiger partial charge is 0.330 e. The van der Waals surface area contributed by atoms with E-state index in [0.29, 0.717) is 6.54 Å². The van der Waals surface area contributed by atoms with E-state index >= 15 is 0 Å². The third-order valence-electron chi connectivity index (χ3n) is 4.47. The second kappa shape index (κ2) is 6.58. The Morgan fingerprint density at radius 2 is 1.75 bits per heavy atom. The average molecular weight is 352 g/mol. The van der Waals surface area contributed by atoms with E-state index in [2.05, 4.69) is 0 Å². The first-order valence-electron chi connectivity index (χ1n) is 7.63. The fraction of sp³-hybridized carbons (Fsp3) is 0.294. The molecule has 24 heavy (non-hydrogen) atoms. The van der Waals surface area contributed by atoms with Gasteiger partial charge in [-0.3, -0.25) is 0 Å². The molecule has 0 aliphatic carbocycles. The SMILES string of the molecule is NC[C@@H]1CN(S(=O)(=O)c2ccc(F)c(F)c2)C[C@H]1c1ccccc1. The van der Waals surface area contributed by atoms with Crippen molar-refractivity contribution in [2.45, 2.75) is 10.8 Å². The van der Waals surface area contributed by atoms with Crippen LogP contribution < -0.4 is 5.73 Å². The van der Waals surface area contributed by atoms with Crippen molar-refractivity contribution in [3.8, 4) is 0 Å². The van der Waals surface area contributed by atoms with Gasteiger partial charge in [0, 0.05) is 19.0 Å². The van der Waals surface area contributed by atoms with E-state index in [0.717, 1.165) is 23.8 Å². The summed E-state index contributed by atoms with van der Waals surface area (Å²) in [5.41, 5.74) is 6.84. The van der Waals surface area contributed by atoms with Crippen LogP contribution in [0.3, 0.4) is 0 Å². The summed E-state index contributed by atoms with van der Waals surface area (Å²) in [7, 11) is -3.89. The van der Waals surface area contributed by atoms with Crippen LogP contribution in [-0.4, -0.2) is 32.4 Å². The van der Waals surface area contributed by atoms with Gasteiger partial charge >= 0.3 is 0 Å². The van der Waals surface area contributed by atoms with E-state index in [1.54, 1.807) is 0 Å². The Bertz CT molecular complexity index is 828. The third kappa shape index (κ3) is 3.07. The van der Waals surface area contributed by atoms with Crippen LogP contribution >= 0.6 is 0 Å². The van der Waals surface area contributed by atoms with Gasteiger partial charge in [0.15, 0.2) is 11.6 Å². The van der Waals surface area contributed by atoms with Crippen LogP contribution in [0.2, 0.25) is 0 Å². The molecule has 7 heteroatoms.